The molecule has 0 spiro atoms. The van der Waals surface area contributed by atoms with Gasteiger partial charge in [-0.05, 0) is 40.0 Å². The van der Waals surface area contributed by atoms with E-state index in [1.54, 1.807) is 32.3 Å². The molecule has 0 saturated carbocycles. The molecule has 2 N–H and O–H groups in total. The first kappa shape index (κ1) is 19.0. The zero-order chi connectivity index (χ0) is 18.7. The molecule has 0 aliphatic carbocycles. The molecule has 1 aromatic carbocycles. The summed E-state index contributed by atoms with van der Waals surface area (Å²) in [5.74, 6) is 0.0855. The second-order valence-electron chi connectivity index (χ2n) is 6.02. The number of nitrogens with zero attached hydrogens (tertiary/aromatic N) is 2. The Morgan fingerprint density at radius 1 is 1.32 bits per heavy atom. The molecule has 0 aliphatic rings. The van der Waals surface area contributed by atoms with Crippen molar-refractivity contribution < 1.29 is 14.3 Å². The highest BCUT2D eigenvalue weighted by Crippen LogP contribution is 2.29. The number of amides is 2. The average molecular weight is 409 g/mol. The lowest BCUT2D eigenvalue weighted by molar-refractivity contribution is 0.0827. The number of H-pyrrole nitrogens is 1. The number of carbonyl (C=O) groups is 2. The molecule has 0 fully saturated rings. The molecular weight excluding hydrogens is 388 g/mol. The minimum atomic E-state index is -0.400. The van der Waals surface area contributed by atoms with E-state index in [0.717, 1.165) is 5.69 Å². The molecule has 2 amide bonds. The highest BCUT2D eigenvalue weighted by Gasteiger charge is 2.21. The average Bonchev–Trinajstić information content (AvgIpc) is 2.95. The van der Waals surface area contributed by atoms with Crippen LogP contribution in [0.1, 0.15) is 46.3 Å². The fourth-order valence-corrected chi connectivity index (χ4v) is 3.07. The number of aromatic nitrogens is 2. The standard InChI is InChI=1S/C17H21BrN4O3/c1-9(2)14-13(18)15(21-20-14)16(23)19-11-8-10(17(24)22(3)4)6-7-12(11)25-5/h6-9H,1-5H3,(H,19,23)(H,20,21). The number of nitrogens with one attached hydrogen (secondary N) is 2. The fourth-order valence-electron chi connectivity index (χ4n) is 2.25. The topological polar surface area (TPSA) is 87.3 Å². The van der Waals surface area contributed by atoms with Gasteiger partial charge < -0.3 is 15.0 Å². The number of benzene rings is 1. The Balaban J connectivity index is 2.33. The molecule has 7 nitrogen and oxygen atoms in total. The van der Waals surface area contributed by atoms with Crippen LogP contribution < -0.4 is 10.1 Å². The van der Waals surface area contributed by atoms with Crippen LogP contribution in [0.3, 0.4) is 0 Å². The molecule has 1 aromatic heterocycles. The lowest BCUT2D eigenvalue weighted by atomic mass is 10.1. The van der Waals surface area contributed by atoms with E-state index in [1.165, 1.54) is 12.0 Å². The SMILES string of the molecule is COc1ccc(C(=O)N(C)C)cc1NC(=O)c1n[nH]c(C(C)C)c1Br. The first-order chi connectivity index (χ1) is 11.8. The van der Waals surface area contributed by atoms with Crippen LogP contribution in [0, 0.1) is 0 Å². The van der Waals surface area contributed by atoms with Crippen LogP contribution in [0.2, 0.25) is 0 Å². The summed E-state index contributed by atoms with van der Waals surface area (Å²) in [6.07, 6.45) is 0. The number of carbonyl (C=O) groups excluding carboxylic acids is 2. The first-order valence-corrected chi connectivity index (χ1v) is 8.50. The third-order valence-corrected chi connectivity index (χ3v) is 4.43. The van der Waals surface area contributed by atoms with Crippen LogP contribution in [0.15, 0.2) is 22.7 Å². The van der Waals surface area contributed by atoms with Crippen molar-refractivity contribution in [3.8, 4) is 5.75 Å². The number of hydrogen-bond acceptors (Lipinski definition) is 4. The zero-order valence-electron chi connectivity index (χ0n) is 14.8. The van der Waals surface area contributed by atoms with E-state index < -0.39 is 5.91 Å². The maximum Gasteiger partial charge on any atom is 0.277 e. The number of methoxy groups -OCH3 is 1. The van der Waals surface area contributed by atoms with Crippen LogP contribution in [0.25, 0.3) is 0 Å². The van der Waals surface area contributed by atoms with Gasteiger partial charge in [0.1, 0.15) is 5.75 Å². The van der Waals surface area contributed by atoms with Gasteiger partial charge >= 0.3 is 0 Å². The lowest BCUT2D eigenvalue weighted by Gasteiger charge is -2.14. The van der Waals surface area contributed by atoms with Gasteiger partial charge in [0.2, 0.25) is 0 Å². The summed E-state index contributed by atoms with van der Waals surface area (Å²) >= 11 is 3.41. The van der Waals surface area contributed by atoms with Gasteiger partial charge in [0.15, 0.2) is 5.69 Å². The largest absolute Gasteiger partial charge is 0.495 e. The van der Waals surface area contributed by atoms with E-state index in [-0.39, 0.29) is 17.5 Å². The molecule has 2 aromatic rings. The first-order valence-electron chi connectivity index (χ1n) is 7.71. The molecule has 8 heteroatoms. The Hall–Kier alpha value is -2.35. The molecule has 0 saturated heterocycles. The van der Waals surface area contributed by atoms with Crippen LogP contribution >= 0.6 is 15.9 Å². The number of halogens is 1. The second-order valence-corrected chi connectivity index (χ2v) is 6.82. The smallest absolute Gasteiger partial charge is 0.277 e. The predicted molar refractivity (Wildman–Crippen MR) is 99.3 cm³/mol. The van der Waals surface area contributed by atoms with Gasteiger partial charge in [-0.25, -0.2) is 0 Å². The van der Waals surface area contributed by atoms with Gasteiger partial charge in [-0.15, -0.1) is 0 Å². The third kappa shape index (κ3) is 4.01. The Kier molecular flexibility index (Phi) is 5.84. The second kappa shape index (κ2) is 7.69. The maximum atomic E-state index is 12.6. The normalized spacial score (nSPS) is 10.7. The molecule has 0 radical (unpaired) electrons. The Morgan fingerprint density at radius 2 is 2.00 bits per heavy atom. The highest BCUT2D eigenvalue weighted by molar-refractivity contribution is 9.10. The van der Waals surface area contributed by atoms with Crippen molar-refractivity contribution in [3.63, 3.8) is 0 Å². The molecular formula is C17H21BrN4O3. The van der Waals surface area contributed by atoms with Crippen molar-refractivity contribution in [3.05, 3.63) is 39.6 Å². The van der Waals surface area contributed by atoms with Crippen molar-refractivity contribution in [2.45, 2.75) is 19.8 Å². The van der Waals surface area contributed by atoms with Gasteiger partial charge in [0, 0.05) is 19.7 Å². The number of hydrogen-bond donors (Lipinski definition) is 2. The van der Waals surface area contributed by atoms with E-state index in [0.29, 0.717) is 21.5 Å². The summed E-state index contributed by atoms with van der Waals surface area (Å²) in [5, 5.41) is 9.70. The summed E-state index contributed by atoms with van der Waals surface area (Å²) < 4.78 is 5.90. The minimum absolute atomic E-state index is 0.166. The molecule has 0 atom stereocenters. The van der Waals surface area contributed by atoms with E-state index in [1.807, 2.05) is 13.8 Å². The van der Waals surface area contributed by atoms with Crippen molar-refractivity contribution in [2.24, 2.45) is 0 Å². The summed E-state index contributed by atoms with van der Waals surface area (Å²) in [4.78, 5) is 26.2. The Bertz CT molecular complexity index is 799. The van der Waals surface area contributed by atoms with Crippen molar-refractivity contribution >= 4 is 33.4 Å². The minimum Gasteiger partial charge on any atom is -0.495 e. The molecule has 134 valence electrons. The predicted octanol–water partition coefficient (Wildman–Crippen LogP) is 3.26. The molecule has 0 bridgehead atoms. The Morgan fingerprint density at radius 3 is 2.52 bits per heavy atom. The molecule has 25 heavy (non-hydrogen) atoms. The fraction of sp³-hybridized carbons (Fsp3) is 0.353. The van der Waals surface area contributed by atoms with Crippen molar-refractivity contribution in [1.82, 2.24) is 15.1 Å². The third-order valence-electron chi connectivity index (χ3n) is 3.63. The maximum absolute atomic E-state index is 12.6. The quantitative estimate of drug-likeness (QED) is 0.794. The van der Waals surface area contributed by atoms with E-state index >= 15 is 0 Å². The van der Waals surface area contributed by atoms with E-state index in [2.05, 4.69) is 31.4 Å². The van der Waals surface area contributed by atoms with Crippen LogP contribution in [-0.2, 0) is 0 Å². The molecule has 0 aliphatic heterocycles. The number of aromatic amines is 1. The van der Waals surface area contributed by atoms with Gasteiger partial charge in [0.25, 0.3) is 11.8 Å². The Labute approximate surface area is 154 Å². The highest BCUT2D eigenvalue weighted by atomic mass is 79.9. The van der Waals surface area contributed by atoms with Gasteiger partial charge in [-0.3, -0.25) is 14.7 Å². The lowest BCUT2D eigenvalue weighted by Crippen LogP contribution is -2.22. The summed E-state index contributed by atoms with van der Waals surface area (Å²) in [6.45, 7) is 4.00. The van der Waals surface area contributed by atoms with E-state index in [9.17, 15) is 9.59 Å². The van der Waals surface area contributed by atoms with Crippen molar-refractivity contribution in [2.75, 3.05) is 26.5 Å². The number of rotatable bonds is 5. The number of anilines is 1. The van der Waals surface area contributed by atoms with Crippen LogP contribution in [0.4, 0.5) is 5.69 Å². The van der Waals surface area contributed by atoms with Gasteiger partial charge in [-0.2, -0.15) is 5.10 Å². The summed E-state index contributed by atoms with van der Waals surface area (Å²) in [7, 11) is 4.83. The van der Waals surface area contributed by atoms with Crippen molar-refractivity contribution in [1.29, 1.82) is 0 Å². The summed E-state index contributed by atoms with van der Waals surface area (Å²) in [5.41, 5.74) is 1.94. The van der Waals surface area contributed by atoms with Gasteiger partial charge in [0.05, 0.1) is 23.0 Å². The van der Waals surface area contributed by atoms with Gasteiger partial charge in [-0.1, -0.05) is 13.8 Å². The van der Waals surface area contributed by atoms with Crippen LogP contribution in [0.5, 0.6) is 5.75 Å². The van der Waals surface area contributed by atoms with E-state index in [4.69, 9.17) is 4.74 Å². The summed E-state index contributed by atoms with van der Waals surface area (Å²) in [6, 6.07) is 4.88. The molecule has 1 heterocycles. The molecule has 2 rings (SSSR count). The monoisotopic (exact) mass is 408 g/mol. The molecule has 0 unspecified atom stereocenters. The zero-order valence-corrected chi connectivity index (χ0v) is 16.4. The number of ether oxygens (including phenoxy) is 1. The van der Waals surface area contributed by atoms with Crippen LogP contribution in [-0.4, -0.2) is 48.1 Å².